The molecule has 4 rings (SSSR count). The molecular weight excluding hydrogens is 442 g/mol. The fraction of sp³-hybridized carbons (Fsp3) is 0.417. The molecule has 0 spiro atoms. The minimum Gasteiger partial charge on any atom is -0.494 e. The number of thioether (sulfide) groups is 1. The molecule has 170 valence electrons. The number of amides is 1. The van der Waals surface area contributed by atoms with E-state index >= 15 is 0 Å². The van der Waals surface area contributed by atoms with Crippen molar-refractivity contribution in [2.45, 2.75) is 18.2 Å². The Labute approximate surface area is 197 Å². The lowest BCUT2D eigenvalue weighted by Gasteiger charge is -2.29. The molecule has 1 amide bonds. The Balaban J connectivity index is 1.54. The largest absolute Gasteiger partial charge is 0.494 e. The molecule has 1 fully saturated rings. The number of carbonyl (C=O) groups is 1. The third kappa shape index (κ3) is 5.81. The Hall–Kier alpha value is -2.13. The number of ether oxygens (including phenoxy) is 2. The maximum absolute atomic E-state index is 13.4. The predicted molar refractivity (Wildman–Crippen MR) is 132 cm³/mol. The molecule has 1 aliphatic rings. The van der Waals surface area contributed by atoms with Gasteiger partial charge in [0.1, 0.15) is 5.75 Å². The SMILES string of the molecule is CCOc1ccc(CC(=O)N(CCN2CCOCC2)c2nc3ccc(SC)cc3s2)cc1. The van der Waals surface area contributed by atoms with Crippen LogP contribution in [0.3, 0.4) is 0 Å². The zero-order valence-electron chi connectivity index (χ0n) is 18.6. The summed E-state index contributed by atoms with van der Waals surface area (Å²) < 4.78 is 12.1. The van der Waals surface area contributed by atoms with Gasteiger partial charge in [0, 0.05) is 31.1 Å². The molecule has 0 N–H and O–H groups in total. The number of thiazole rings is 1. The number of nitrogens with zero attached hydrogens (tertiary/aromatic N) is 3. The second-order valence-corrected chi connectivity index (χ2v) is 9.47. The fourth-order valence-corrected chi connectivity index (χ4v) is 5.23. The van der Waals surface area contributed by atoms with Crippen LogP contribution in [-0.4, -0.2) is 68.0 Å². The summed E-state index contributed by atoms with van der Waals surface area (Å²) in [6.45, 7) is 7.32. The minimum absolute atomic E-state index is 0.0616. The van der Waals surface area contributed by atoms with Gasteiger partial charge in [0.25, 0.3) is 0 Å². The molecule has 6 nitrogen and oxygen atoms in total. The molecule has 1 aliphatic heterocycles. The number of hydrogen-bond donors (Lipinski definition) is 0. The van der Waals surface area contributed by atoms with Crippen LogP contribution in [0.2, 0.25) is 0 Å². The number of rotatable bonds is 9. The van der Waals surface area contributed by atoms with Crippen LogP contribution in [0.4, 0.5) is 5.13 Å². The van der Waals surface area contributed by atoms with Crippen molar-refractivity contribution in [2.24, 2.45) is 0 Å². The number of benzene rings is 2. The highest BCUT2D eigenvalue weighted by Gasteiger charge is 2.22. The zero-order valence-corrected chi connectivity index (χ0v) is 20.2. The quantitative estimate of drug-likeness (QED) is 0.433. The lowest BCUT2D eigenvalue weighted by atomic mass is 10.1. The van der Waals surface area contributed by atoms with E-state index in [1.165, 1.54) is 4.90 Å². The molecule has 0 atom stereocenters. The highest BCUT2D eigenvalue weighted by Crippen LogP contribution is 2.32. The van der Waals surface area contributed by atoms with E-state index in [0.717, 1.165) is 59.5 Å². The lowest BCUT2D eigenvalue weighted by molar-refractivity contribution is -0.118. The van der Waals surface area contributed by atoms with Crippen molar-refractivity contribution in [1.82, 2.24) is 9.88 Å². The summed E-state index contributed by atoms with van der Waals surface area (Å²) in [7, 11) is 0. The van der Waals surface area contributed by atoms with Gasteiger partial charge >= 0.3 is 0 Å². The topological polar surface area (TPSA) is 54.9 Å². The Morgan fingerprint density at radius 2 is 2.00 bits per heavy atom. The first-order chi connectivity index (χ1) is 15.7. The average molecular weight is 472 g/mol. The number of fused-ring (bicyclic) bond motifs is 1. The summed E-state index contributed by atoms with van der Waals surface area (Å²) in [5, 5.41) is 0.766. The van der Waals surface area contributed by atoms with Crippen LogP contribution in [0.1, 0.15) is 12.5 Å². The van der Waals surface area contributed by atoms with Gasteiger partial charge in [-0.1, -0.05) is 23.5 Å². The monoisotopic (exact) mass is 471 g/mol. The molecule has 0 unspecified atom stereocenters. The Morgan fingerprint density at radius 1 is 1.22 bits per heavy atom. The summed E-state index contributed by atoms with van der Waals surface area (Å²) >= 11 is 3.30. The molecule has 2 aromatic carbocycles. The fourth-order valence-electron chi connectivity index (χ4n) is 3.67. The molecule has 2 heterocycles. The van der Waals surface area contributed by atoms with Gasteiger partial charge in [-0.3, -0.25) is 14.6 Å². The van der Waals surface area contributed by atoms with E-state index in [1.807, 2.05) is 42.2 Å². The van der Waals surface area contributed by atoms with Gasteiger partial charge in [-0.25, -0.2) is 4.98 Å². The highest BCUT2D eigenvalue weighted by atomic mass is 32.2. The Bertz CT molecular complexity index is 1030. The molecule has 0 aliphatic carbocycles. The second kappa shape index (κ2) is 11.1. The summed E-state index contributed by atoms with van der Waals surface area (Å²) in [4.78, 5) is 23.6. The molecular formula is C24H29N3O3S2. The van der Waals surface area contributed by atoms with Gasteiger partial charge in [-0.2, -0.15) is 0 Å². The maximum atomic E-state index is 13.4. The van der Waals surface area contributed by atoms with Crippen LogP contribution in [0.15, 0.2) is 47.4 Å². The number of anilines is 1. The molecule has 0 bridgehead atoms. The minimum atomic E-state index is 0.0616. The van der Waals surface area contributed by atoms with Crippen LogP contribution in [0.25, 0.3) is 10.2 Å². The molecule has 32 heavy (non-hydrogen) atoms. The van der Waals surface area contributed by atoms with E-state index in [2.05, 4.69) is 23.3 Å². The van der Waals surface area contributed by atoms with Crippen molar-refractivity contribution in [3.05, 3.63) is 48.0 Å². The van der Waals surface area contributed by atoms with Gasteiger partial charge < -0.3 is 9.47 Å². The smallest absolute Gasteiger partial charge is 0.233 e. The van der Waals surface area contributed by atoms with Gasteiger partial charge in [-0.05, 0) is 49.1 Å². The summed E-state index contributed by atoms with van der Waals surface area (Å²) in [6, 6.07) is 14.0. The third-order valence-electron chi connectivity index (χ3n) is 5.45. The predicted octanol–water partition coefficient (Wildman–Crippen LogP) is 4.32. The second-order valence-electron chi connectivity index (χ2n) is 7.58. The van der Waals surface area contributed by atoms with E-state index in [-0.39, 0.29) is 5.91 Å². The molecule has 8 heteroatoms. The van der Waals surface area contributed by atoms with E-state index in [0.29, 0.717) is 19.6 Å². The summed E-state index contributed by atoms with van der Waals surface area (Å²) in [5.41, 5.74) is 1.91. The van der Waals surface area contributed by atoms with Crippen LogP contribution < -0.4 is 9.64 Å². The summed E-state index contributed by atoms with van der Waals surface area (Å²) in [6.07, 6.45) is 2.40. The van der Waals surface area contributed by atoms with Crippen molar-refractivity contribution >= 4 is 44.4 Å². The maximum Gasteiger partial charge on any atom is 0.233 e. The van der Waals surface area contributed by atoms with E-state index in [4.69, 9.17) is 14.5 Å². The van der Waals surface area contributed by atoms with Crippen molar-refractivity contribution < 1.29 is 14.3 Å². The van der Waals surface area contributed by atoms with Crippen LogP contribution >= 0.6 is 23.1 Å². The first-order valence-electron chi connectivity index (χ1n) is 10.9. The van der Waals surface area contributed by atoms with Crippen molar-refractivity contribution in [3.63, 3.8) is 0 Å². The van der Waals surface area contributed by atoms with E-state index < -0.39 is 0 Å². The van der Waals surface area contributed by atoms with Crippen molar-refractivity contribution in [1.29, 1.82) is 0 Å². The number of carbonyl (C=O) groups excluding carboxylic acids is 1. The third-order valence-corrected chi connectivity index (χ3v) is 7.22. The normalized spacial score (nSPS) is 14.6. The van der Waals surface area contributed by atoms with E-state index in [9.17, 15) is 4.79 Å². The molecule has 1 aromatic heterocycles. The zero-order chi connectivity index (χ0) is 22.3. The van der Waals surface area contributed by atoms with E-state index in [1.54, 1.807) is 23.1 Å². The first kappa shape index (κ1) is 23.0. The van der Waals surface area contributed by atoms with Gasteiger partial charge in [0.2, 0.25) is 5.91 Å². The van der Waals surface area contributed by atoms with Crippen LogP contribution in [-0.2, 0) is 16.0 Å². The first-order valence-corrected chi connectivity index (χ1v) is 13.0. The lowest BCUT2D eigenvalue weighted by Crippen LogP contribution is -2.43. The Morgan fingerprint density at radius 3 is 2.72 bits per heavy atom. The van der Waals surface area contributed by atoms with Crippen molar-refractivity contribution in [2.75, 3.05) is 57.2 Å². The standard InChI is InChI=1S/C24H29N3O3S2/c1-3-30-19-6-4-18(5-7-19)16-23(28)27(11-10-26-12-14-29-15-13-26)24-25-21-9-8-20(31-2)17-22(21)32-24/h4-9,17H,3,10-16H2,1-2H3. The van der Waals surface area contributed by atoms with Crippen LogP contribution in [0.5, 0.6) is 5.75 Å². The van der Waals surface area contributed by atoms with Crippen molar-refractivity contribution in [3.8, 4) is 5.75 Å². The number of hydrogen-bond acceptors (Lipinski definition) is 7. The van der Waals surface area contributed by atoms with Gasteiger partial charge in [0.15, 0.2) is 5.13 Å². The van der Waals surface area contributed by atoms with Gasteiger partial charge in [0.05, 0.1) is 36.5 Å². The molecule has 1 saturated heterocycles. The molecule has 3 aromatic rings. The number of morpholine rings is 1. The average Bonchev–Trinajstić information content (AvgIpc) is 3.24. The molecule has 0 radical (unpaired) electrons. The van der Waals surface area contributed by atoms with Crippen LogP contribution in [0, 0.1) is 0 Å². The van der Waals surface area contributed by atoms with Gasteiger partial charge in [-0.15, -0.1) is 11.8 Å². The highest BCUT2D eigenvalue weighted by molar-refractivity contribution is 7.98. The molecule has 0 saturated carbocycles. The Kier molecular flexibility index (Phi) is 8.02. The number of aromatic nitrogens is 1. The summed E-state index contributed by atoms with van der Waals surface area (Å²) in [5.74, 6) is 0.884.